The number of ether oxygens (including phenoxy) is 1. The first-order valence-corrected chi connectivity index (χ1v) is 8.88. The maximum Gasteiger partial charge on any atom is 0.264 e. The molecule has 132 valence electrons. The summed E-state index contributed by atoms with van der Waals surface area (Å²) < 4.78 is 32.6. The number of benzene rings is 1. The van der Waals surface area contributed by atoms with E-state index in [9.17, 15) is 13.2 Å². The van der Waals surface area contributed by atoms with E-state index in [1.54, 1.807) is 6.92 Å². The summed E-state index contributed by atoms with van der Waals surface area (Å²) >= 11 is 0. The third-order valence-electron chi connectivity index (χ3n) is 3.33. The maximum absolute atomic E-state index is 12.5. The van der Waals surface area contributed by atoms with Crippen LogP contribution in [0, 0.1) is 11.8 Å². The lowest BCUT2D eigenvalue weighted by Crippen LogP contribution is -2.56. The molecule has 0 aliphatic carbocycles. The third kappa shape index (κ3) is 5.23. The van der Waals surface area contributed by atoms with Crippen molar-refractivity contribution in [2.24, 2.45) is 0 Å². The number of hydroxylamine groups is 1. The molecule has 0 aromatic heterocycles. The largest absolute Gasteiger partial charge is 0.481 e. The number of sulfonamides is 1. The van der Waals surface area contributed by atoms with Crippen molar-refractivity contribution >= 4 is 15.9 Å². The molecule has 1 atom stereocenters. The van der Waals surface area contributed by atoms with Crippen LogP contribution in [0.5, 0.6) is 5.75 Å². The van der Waals surface area contributed by atoms with Gasteiger partial charge in [-0.25, -0.2) is 13.9 Å². The second kappa shape index (κ2) is 8.68. The van der Waals surface area contributed by atoms with Crippen molar-refractivity contribution in [1.82, 2.24) is 10.2 Å². The van der Waals surface area contributed by atoms with Crippen molar-refractivity contribution in [3.8, 4) is 17.6 Å². The van der Waals surface area contributed by atoms with Gasteiger partial charge in [0.1, 0.15) is 17.9 Å². The van der Waals surface area contributed by atoms with Gasteiger partial charge in [-0.15, -0.1) is 5.92 Å². The molecule has 0 aliphatic rings. The minimum absolute atomic E-state index is 0.00973. The number of hydrogen-bond donors (Lipinski definition) is 3. The van der Waals surface area contributed by atoms with Gasteiger partial charge in [-0.1, -0.05) is 19.3 Å². The molecule has 1 amide bonds. The first kappa shape index (κ1) is 20.0. The van der Waals surface area contributed by atoms with Gasteiger partial charge in [0.15, 0.2) is 0 Å². The lowest BCUT2D eigenvalue weighted by molar-refractivity contribution is -0.135. The van der Waals surface area contributed by atoms with Crippen LogP contribution in [0.3, 0.4) is 0 Å². The zero-order valence-corrected chi connectivity index (χ0v) is 14.7. The average Bonchev–Trinajstić information content (AvgIpc) is 2.54. The summed E-state index contributed by atoms with van der Waals surface area (Å²) in [5, 5.41) is 8.84. The summed E-state index contributed by atoms with van der Waals surface area (Å²) in [5.41, 5.74) is 0.0533. The molecule has 1 aromatic carbocycles. The fourth-order valence-electron chi connectivity index (χ4n) is 2.10. The van der Waals surface area contributed by atoms with Crippen molar-refractivity contribution in [3.63, 3.8) is 0 Å². The number of nitrogens with one attached hydrogen (secondary N) is 2. The summed E-state index contributed by atoms with van der Waals surface area (Å²) in [6.45, 7) is 5.13. The fraction of sp³-hybridized carbons (Fsp3) is 0.438. The van der Waals surface area contributed by atoms with Gasteiger partial charge in [-0.3, -0.25) is 10.0 Å². The summed E-state index contributed by atoms with van der Waals surface area (Å²) in [6.07, 6.45) is 0.785. The van der Waals surface area contributed by atoms with Crippen LogP contribution in [-0.2, 0) is 14.8 Å². The maximum atomic E-state index is 12.5. The van der Waals surface area contributed by atoms with Crippen molar-refractivity contribution in [1.29, 1.82) is 0 Å². The predicted molar refractivity (Wildman–Crippen MR) is 89.0 cm³/mol. The summed E-state index contributed by atoms with van der Waals surface area (Å²) in [4.78, 5) is 11.8. The van der Waals surface area contributed by atoms with E-state index >= 15 is 0 Å². The highest BCUT2D eigenvalue weighted by Gasteiger charge is 2.37. The number of rotatable bonds is 8. The first-order chi connectivity index (χ1) is 11.3. The normalized spacial score (nSPS) is 13.3. The van der Waals surface area contributed by atoms with E-state index in [0.29, 0.717) is 12.2 Å². The highest BCUT2D eigenvalue weighted by Crippen LogP contribution is 2.20. The Kier molecular flexibility index (Phi) is 7.22. The molecule has 1 unspecified atom stereocenters. The molecule has 1 aromatic rings. The van der Waals surface area contributed by atoms with Gasteiger partial charge >= 0.3 is 0 Å². The van der Waals surface area contributed by atoms with Crippen LogP contribution in [0.1, 0.15) is 33.6 Å². The van der Waals surface area contributed by atoms with E-state index in [1.807, 2.05) is 6.92 Å². The summed E-state index contributed by atoms with van der Waals surface area (Å²) in [5.74, 6) is 5.10. The molecule has 0 saturated carbocycles. The van der Waals surface area contributed by atoms with Crippen LogP contribution in [-0.4, -0.2) is 31.7 Å². The van der Waals surface area contributed by atoms with Gasteiger partial charge in [0.25, 0.3) is 5.91 Å². The molecule has 0 fully saturated rings. The Bertz CT molecular complexity index is 719. The van der Waals surface area contributed by atoms with Gasteiger partial charge in [0.05, 0.1) is 4.90 Å². The van der Waals surface area contributed by atoms with Crippen LogP contribution in [0.15, 0.2) is 29.2 Å². The van der Waals surface area contributed by atoms with Gasteiger partial charge in [-0.05, 0) is 44.5 Å². The van der Waals surface area contributed by atoms with E-state index in [1.165, 1.54) is 36.7 Å². The number of hydrogen-bond acceptors (Lipinski definition) is 5. The molecule has 8 heteroatoms. The van der Waals surface area contributed by atoms with Crippen LogP contribution in [0.2, 0.25) is 0 Å². The summed E-state index contributed by atoms with van der Waals surface area (Å²) in [6, 6.07) is 5.77. The molecule has 3 N–H and O–H groups in total. The van der Waals surface area contributed by atoms with E-state index in [4.69, 9.17) is 9.94 Å². The van der Waals surface area contributed by atoms with Crippen molar-refractivity contribution in [2.75, 3.05) is 6.61 Å². The van der Waals surface area contributed by atoms with Crippen molar-refractivity contribution in [3.05, 3.63) is 24.3 Å². The zero-order valence-electron chi connectivity index (χ0n) is 13.9. The fourth-order valence-corrected chi connectivity index (χ4v) is 3.50. The Morgan fingerprint density at radius 3 is 2.46 bits per heavy atom. The molecule has 0 radical (unpaired) electrons. The van der Waals surface area contributed by atoms with Crippen molar-refractivity contribution in [2.45, 2.75) is 44.0 Å². The van der Waals surface area contributed by atoms with Gasteiger partial charge in [-0.2, -0.15) is 4.72 Å². The van der Waals surface area contributed by atoms with Crippen LogP contribution in [0.25, 0.3) is 0 Å². The second-order valence-electron chi connectivity index (χ2n) is 5.32. The van der Waals surface area contributed by atoms with Crippen LogP contribution < -0.4 is 14.9 Å². The Balaban J connectivity index is 2.97. The quantitative estimate of drug-likeness (QED) is 0.372. The third-order valence-corrected chi connectivity index (χ3v) is 4.95. The monoisotopic (exact) mass is 354 g/mol. The number of amides is 1. The van der Waals surface area contributed by atoms with Gasteiger partial charge in [0, 0.05) is 0 Å². The standard InChI is InChI=1S/C16H22N2O5S/c1-4-6-12-23-13-7-9-14(10-8-13)24(21,22)18-16(3,11-5-2)15(19)17-20/h7-10,18,20H,5,11-12H2,1-3H3,(H,17,19). The summed E-state index contributed by atoms with van der Waals surface area (Å²) in [7, 11) is -3.94. The Labute approximate surface area is 142 Å². The average molecular weight is 354 g/mol. The Morgan fingerprint density at radius 2 is 1.96 bits per heavy atom. The second-order valence-corrected chi connectivity index (χ2v) is 7.00. The molecule has 1 rings (SSSR count). The molecule has 7 nitrogen and oxygen atoms in total. The minimum atomic E-state index is -3.94. The lowest BCUT2D eigenvalue weighted by Gasteiger charge is -2.27. The topological polar surface area (TPSA) is 105 Å². The smallest absolute Gasteiger partial charge is 0.264 e. The van der Waals surface area contributed by atoms with Gasteiger partial charge in [0.2, 0.25) is 10.0 Å². The molecule has 0 spiro atoms. The van der Waals surface area contributed by atoms with E-state index in [-0.39, 0.29) is 17.9 Å². The van der Waals surface area contributed by atoms with Crippen LogP contribution in [0.4, 0.5) is 0 Å². The van der Waals surface area contributed by atoms with E-state index in [0.717, 1.165) is 0 Å². The predicted octanol–water partition coefficient (Wildman–Crippen LogP) is 1.43. The molecule has 0 heterocycles. The first-order valence-electron chi connectivity index (χ1n) is 7.40. The highest BCUT2D eigenvalue weighted by molar-refractivity contribution is 7.89. The van der Waals surface area contributed by atoms with E-state index < -0.39 is 21.5 Å². The highest BCUT2D eigenvalue weighted by atomic mass is 32.2. The Morgan fingerprint density at radius 1 is 1.33 bits per heavy atom. The molecule has 24 heavy (non-hydrogen) atoms. The SMILES string of the molecule is CC#CCOc1ccc(S(=O)(=O)NC(C)(CCC)C(=O)NO)cc1. The zero-order chi connectivity index (χ0) is 18.2. The Hall–Kier alpha value is -2.08. The molecule has 0 aliphatic heterocycles. The number of carbonyl (C=O) groups is 1. The molecule has 0 bridgehead atoms. The molecule has 0 saturated heterocycles. The van der Waals surface area contributed by atoms with Crippen molar-refractivity contribution < 1.29 is 23.2 Å². The van der Waals surface area contributed by atoms with Crippen LogP contribution >= 0.6 is 0 Å². The lowest BCUT2D eigenvalue weighted by atomic mass is 9.97. The number of carbonyl (C=O) groups excluding carboxylic acids is 1. The molecular weight excluding hydrogens is 332 g/mol. The molecular formula is C16H22N2O5S. The van der Waals surface area contributed by atoms with Gasteiger partial charge < -0.3 is 4.74 Å². The minimum Gasteiger partial charge on any atom is -0.481 e. The van der Waals surface area contributed by atoms with E-state index in [2.05, 4.69) is 16.6 Å².